The summed E-state index contributed by atoms with van der Waals surface area (Å²) in [6.07, 6.45) is 2.33. The van der Waals surface area contributed by atoms with E-state index in [2.05, 4.69) is 211 Å². The Kier molecular flexibility index (Phi) is 9.11. The van der Waals surface area contributed by atoms with Crippen LogP contribution in [0, 0.1) is 6.92 Å². The van der Waals surface area contributed by atoms with Gasteiger partial charge in [0.15, 0.2) is 0 Å². The standard InChI is InChI=1S/C56H69BN2OSi/c1-34-18-19-37(54(8,9)10)29-45(34)59-47-31-39(61(15,16)17)30-46-50(47)57(49-40-32-41-42(33-48(40)60-51(49)59)56(13,14)27-26-55(41,11)12)43-28-36(53(5,6)7)22-25-44(43)58(46)38-23-20-35(21-24-38)52(2,3)4/h18-25,28-33H,26-27H2,1-17H3. The third-order valence-corrected chi connectivity index (χ3v) is 16.7. The number of hydrogen-bond donors (Lipinski definition) is 0. The molecule has 3 heterocycles. The molecule has 2 aliphatic heterocycles. The molecule has 0 fully saturated rings. The summed E-state index contributed by atoms with van der Waals surface area (Å²) in [5.41, 5.74) is 19.5. The molecular weight excluding hydrogens is 756 g/mol. The Morgan fingerprint density at radius 1 is 0.557 bits per heavy atom. The van der Waals surface area contributed by atoms with Crippen molar-refractivity contribution in [3.05, 3.63) is 118 Å². The van der Waals surface area contributed by atoms with Crippen LogP contribution in [0.3, 0.4) is 0 Å². The van der Waals surface area contributed by atoms with Gasteiger partial charge in [0.1, 0.15) is 5.58 Å². The van der Waals surface area contributed by atoms with Gasteiger partial charge >= 0.3 is 0 Å². The van der Waals surface area contributed by atoms with Crippen molar-refractivity contribution < 1.29 is 4.42 Å². The number of rotatable bonds is 3. The van der Waals surface area contributed by atoms with E-state index in [0.29, 0.717) is 0 Å². The summed E-state index contributed by atoms with van der Waals surface area (Å²) in [5, 5.41) is 2.69. The van der Waals surface area contributed by atoms with E-state index in [-0.39, 0.29) is 33.8 Å². The fourth-order valence-corrected chi connectivity index (χ4v) is 11.6. The van der Waals surface area contributed by atoms with E-state index in [1.54, 1.807) is 0 Å². The Bertz CT molecular complexity index is 2760. The van der Waals surface area contributed by atoms with E-state index in [9.17, 15) is 0 Å². The van der Waals surface area contributed by atoms with E-state index in [4.69, 9.17) is 4.42 Å². The number of aryl methyl sites for hydroxylation is 1. The van der Waals surface area contributed by atoms with Crippen LogP contribution in [0.5, 0.6) is 0 Å². The summed E-state index contributed by atoms with van der Waals surface area (Å²) in [5.74, 6) is 0.966. The number of hydrogen-bond acceptors (Lipinski definition) is 3. The Balaban J connectivity index is 1.46. The quantitative estimate of drug-likeness (QED) is 0.166. The first-order valence-corrected chi connectivity index (χ1v) is 26.4. The van der Waals surface area contributed by atoms with E-state index in [0.717, 1.165) is 17.9 Å². The van der Waals surface area contributed by atoms with E-state index in [1.165, 1.54) is 95.2 Å². The van der Waals surface area contributed by atoms with Gasteiger partial charge in [-0.1, -0.05) is 151 Å². The van der Waals surface area contributed by atoms with Gasteiger partial charge in [0.2, 0.25) is 5.88 Å². The van der Waals surface area contributed by atoms with E-state index >= 15 is 0 Å². The number of benzene rings is 5. The highest BCUT2D eigenvalue weighted by Crippen LogP contribution is 2.51. The van der Waals surface area contributed by atoms with Crippen molar-refractivity contribution in [3.8, 4) is 0 Å². The highest BCUT2D eigenvalue weighted by molar-refractivity contribution is 7.02. The predicted octanol–water partition coefficient (Wildman–Crippen LogP) is 13.6. The molecule has 5 aromatic carbocycles. The largest absolute Gasteiger partial charge is 0.440 e. The fourth-order valence-electron chi connectivity index (χ4n) is 10.4. The summed E-state index contributed by atoms with van der Waals surface area (Å²) in [6.45, 7) is 40.4. The lowest BCUT2D eigenvalue weighted by molar-refractivity contribution is 0.332. The summed E-state index contributed by atoms with van der Waals surface area (Å²) in [4.78, 5) is 5.15. The average Bonchev–Trinajstić information content (AvgIpc) is 3.53. The second-order valence-electron chi connectivity index (χ2n) is 24.3. The lowest BCUT2D eigenvalue weighted by Crippen LogP contribution is -2.62. The maximum atomic E-state index is 7.54. The lowest BCUT2D eigenvalue weighted by Gasteiger charge is -2.44. The van der Waals surface area contributed by atoms with Gasteiger partial charge in [-0.2, -0.15) is 0 Å². The Hall–Kier alpha value is -4.48. The number of nitrogens with zero attached hydrogens (tertiary/aromatic N) is 2. The number of anilines is 6. The molecule has 1 aromatic heterocycles. The summed E-state index contributed by atoms with van der Waals surface area (Å²) in [6, 6.07) is 34.0. The first kappa shape index (κ1) is 41.9. The van der Waals surface area contributed by atoms with Gasteiger partial charge in [0, 0.05) is 33.6 Å². The van der Waals surface area contributed by atoms with Gasteiger partial charge < -0.3 is 9.32 Å². The van der Waals surface area contributed by atoms with Crippen molar-refractivity contribution in [2.45, 2.75) is 156 Å². The summed E-state index contributed by atoms with van der Waals surface area (Å²) < 4.78 is 7.54. The Morgan fingerprint density at radius 2 is 1.08 bits per heavy atom. The van der Waals surface area contributed by atoms with Crippen LogP contribution in [0.1, 0.15) is 136 Å². The second kappa shape index (κ2) is 13.3. The zero-order chi connectivity index (χ0) is 44.1. The molecular formula is C56H69BN2OSi. The maximum absolute atomic E-state index is 7.54. The molecule has 61 heavy (non-hydrogen) atoms. The first-order valence-electron chi connectivity index (χ1n) is 22.9. The molecule has 6 aromatic rings. The molecule has 316 valence electrons. The molecule has 0 spiro atoms. The lowest BCUT2D eigenvalue weighted by atomic mass is 9.33. The summed E-state index contributed by atoms with van der Waals surface area (Å²) in [7, 11) is -1.87. The molecule has 1 aliphatic carbocycles. The third kappa shape index (κ3) is 6.66. The average molecular weight is 825 g/mol. The molecule has 0 unspecified atom stereocenters. The van der Waals surface area contributed by atoms with E-state index < -0.39 is 8.07 Å². The van der Waals surface area contributed by atoms with Gasteiger partial charge in [0.25, 0.3) is 6.71 Å². The maximum Gasteiger partial charge on any atom is 0.257 e. The first-order chi connectivity index (χ1) is 28.2. The molecule has 3 nitrogen and oxygen atoms in total. The molecule has 0 amide bonds. The fraction of sp³-hybridized carbons (Fsp3) is 0.429. The van der Waals surface area contributed by atoms with Crippen molar-refractivity contribution in [3.63, 3.8) is 0 Å². The number of furan rings is 1. The van der Waals surface area contributed by atoms with Crippen molar-refractivity contribution in [1.82, 2.24) is 0 Å². The van der Waals surface area contributed by atoms with Gasteiger partial charge in [-0.15, -0.1) is 0 Å². The molecule has 0 saturated carbocycles. The molecule has 5 heteroatoms. The molecule has 0 bridgehead atoms. The van der Waals surface area contributed by atoms with Crippen LogP contribution in [0.15, 0.2) is 89.3 Å². The zero-order valence-electron chi connectivity index (χ0n) is 40.4. The smallest absolute Gasteiger partial charge is 0.257 e. The predicted molar refractivity (Wildman–Crippen MR) is 269 cm³/mol. The van der Waals surface area contributed by atoms with Gasteiger partial charge in [-0.25, -0.2) is 0 Å². The second-order valence-corrected chi connectivity index (χ2v) is 29.4. The highest BCUT2D eigenvalue weighted by Gasteiger charge is 2.48. The van der Waals surface area contributed by atoms with Crippen LogP contribution in [-0.2, 0) is 27.1 Å². The van der Waals surface area contributed by atoms with Gasteiger partial charge in [-0.05, 0) is 140 Å². The molecule has 0 N–H and O–H groups in total. The van der Waals surface area contributed by atoms with E-state index in [1.807, 2.05) is 0 Å². The zero-order valence-corrected chi connectivity index (χ0v) is 41.4. The minimum atomic E-state index is -1.87. The van der Waals surface area contributed by atoms with Crippen LogP contribution in [0.4, 0.5) is 34.3 Å². The monoisotopic (exact) mass is 825 g/mol. The van der Waals surface area contributed by atoms with Crippen molar-refractivity contribution >= 4 is 81.7 Å². The molecule has 3 aliphatic rings. The Labute approximate surface area is 369 Å². The molecule has 0 radical (unpaired) electrons. The van der Waals surface area contributed by atoms with Crippen LogP contribution in [-0.4, -0.2) is 14.8 Å². The topological polar surface area (TPSA) is 19.6 Å². The van der Waals surface area contributed by atoms with Gasteiger partial charge in [-0.3, -0.25) is 4.90 Å². The van der Waals surface area contributed by atoms with Gasteiger partial charge in [0.05, 0.1) is 13.8 Å². The SMILES string of the molecule is Cc1ccc(C(C)(C)C)cc1N1c2cc([Si](C)(C)C)cc3c2B(c2cc(C(C)(C)C)ccc2N3c2ccc(C(C)(C)C)cc2)c2c1oc1cc3c(cc21)C(C)(C)CCC3(C)C. The van der Waals surface area contributed by atoms with Crippen molar-refractivity contribution in [1.29, 1.82) is 0 Å². The third-order valence-electron chi connectivity index (χ3n) is 14.7. The van der Waals surface area contributed by atoms with Crippen molar-refractivity contribution in [2.75, 3.05) is 9.80 Å². The molecule has 9 rings (SSSR count). The van der Waals surface area contributed by atoms with Crippen molar-refractivity contribution in [2.24, 2.45) is 0 Å². The van der Waals surface area contributed by atoms with Crippen LogP contribution < -0.4 is 31.4 Å². The minimum Gasteiger partial charge on any atom is -0.440 e. The van der Waals surface area contributed by atoms with Crippen LogP contribution in [0.2, 0.25) is 19.6 Å². The van der Waals surface area contributed by atoms with Crippen LogP contribution >= 0.6 is 0 Å². The minimum absolute atomic E-state index is 0.0222. The summed E-state index contributed by atoms with van der Waals surface area (Å²) >= 11 is 0. The van der Waals surface area contributed by atoms with Crippen LogP contribution in [0.25, 0.3) is 11.0 Å². The Morgan fingerprint density at radius 3 is 1.66 bits per heavy atom. The molecule has 0 saturated heterocycles. The highest BCUT2D eigenvalue weighted by atomic mass is 28.3. The number of fused-ring (bicyclic) bond motifs is 7. The molecule has 0 atom stereocenters. The normalized spacial score (nSPS) is 17.0.